The lowest BCUT2D eigenvalue weighted by molar-refractivity contribution is 0.0600. The summed E-state index contributed by atoms with van der Waals surface area (Å²) in [6.07, 6.45) is 6.67. The first kappa shape index (κ1) is 19.0. The fourth-order valence-corrected chi connectivity index (χ4v) is 2.72. The van der Waals surface area contributed by atoms with E-state index in [1.165, 1.54) is 31.1 Å². The minimum Gasteiger partial charge on any atom is -0.494 e. The molecule has 2 rings (SSSR count). The minimum atomic E-state index is -0.288. The quantitative estimate of drug-likeness (QED) is 0.439. The Morgan fingerprint density at radius 2 is 1.44 bits per heavy atom. The topological polar surface area (TPSA) is 35.5 Å². The van der Waals surface area contributed by atoms with Crippen molar-refractivity contribution in [3.05, 3.63) is 65.2 Å². The Morgan fingerprint density at radius 1 is 0.840 bits per heavy atom. The minimum absolute atomic E-state index is 0.288. The number of benzene rings is 2. The number of carbonyl (C=O) groups excluding carboxylic acids is 1. The molecule has 0 aliphatic heterocycles. The zero-order valence-electron chi connectivity index (χ0n) is 15.3. The lowest BCUT2D eigenvalue weighted by Crippen LogP contribution is -2.01. The van der Waals surface area contributed by atoms with E-state index >= 15 is 0 Å². The highest BCUT2D eigenvalue weighted by molar-refractivity contribution is 5.89. The van der Waals surface area contributed by atoms with Gasteiger partial charge in [0.05, 0.1) is 19.3 Å². The van der Waals surface area contributed by atoms with Crippen molar-refractivity contribution in [3.8, 4) is 5.75 Å². The number of hydrogen-bond acceptors (Lipinski definition) is 3. The number of esters is 1. The van der Waals surface area contributed by atoms with Gasteiger partial charge in [-0.1, -0.05) is 44.0 Å². The van der Waals surface area contributed by atoms with E-state index in [1.54, 1.807) is 0 Å². The molecule has 2 aromatic carbocycles. The lowest BCUT2D eigenvalue weighted by atomic mass is 10.0. The monoisotopic (exact) mass is 340 g/mol. The van der Waals surface area contributed by atoms with Crippen LogP contribution >= 0.6 is 0 Å². The maximum Gasteiger partial charge on any atom is 0.337 e. The third-order valence-corrected chi connectivity index (χ3v) is 4.25. The molecule has 0 saturated carbocycles. The molecule has 0 fully saturated rings. The average Bonchev–Trinajstić information content (AvgIpc) is 2.66. The molecule has 2 aromatic rings. The molecule has 0 bridgehead atoms. The number of unbranched alkanes of at least 4 members (excludes halogenated alkanes) is 2. The summed E-state index contributed by atoms with van der Waals surface area (Å²) in [7, 11) is 1.40. The summed E-state index contributed by atoms with van der Waals surface area (Å²) in [5, 5.41) is 0. The summed E-state index contributed by atoms with van der Waals surface area (Å²) in [6.45, 7) is 3.00. The van der Waals surface area contributed by atoms with Crippen molar-refractivity contribution < 1.29 is 14.3 Å². The molecule has 0 spiro atoms. The van der Waals surface area contributed by atoms with Gasteiger partial charge in [0.15, 0.2) is 0 Å². The first-order valence-electron chi connectivity index (χ1n) is 9.12. The standard InChI is InChI=1S/C22H28O3/c1-3-4-5-17-25-21-15-11-19(12-16-21)8-6-7-18-9-13-20(14-10-18)22(23)24-2/h9-16H,3-8,17H2,1-2H3. The number of carbonyl (C=O) groups is 1. The van der Waals surface area contributed by atoms with Crippen LogP contribution in [0, 0.1) is 0 Å². The van der Waals surface area contributed by atoms with E-state index in [-0.39, 0.29) is 5.97 Å². The smallest absolute Gasteiger partial charge is 0.337 e. The van der Waals surface area contributed by atoms with Crippen LogP contribution in [-0.2, 0) is 17.6 Å². The maximum atomic E-state index is 11.4. The molecule has 0 aliphatic carbocycles. The van der Waals surface area contributed by atoms with Crippen LogP contribution in [0.1, 0.15) is 54.1 Å². The van der Waals surface area contributed by atoms with E-state index in [2.05, 4.69) is 31.2 Å². The van der Waals surface area contributed by atoms with Gasteiger partial charge < -0.3 is 9.47 Å². The van der Waals surface area contributed by atoms with Crippen LogP contribution in [0.4, 0.5) is 0 Å². The Morgan fingerprint density at radius 3 is 2.00 bits per heavy atom. The zero-order valence-corrected chi connectivity index (χ0v) is 15.3. The molecule has 0 radical (unpaired) electrons. The second-order valence-corrected chi connectivity index (χ2v) is 6.24. The zero-order chi connectivity index (χ0) is 17.9. The van der Waals surface area contributed by atoms with Gasteiger partial charge in [-0.3, -0.25) is 0 Å². The van der Waals surface area contributed by atoms with Gasteiger partial charge in [0.2, 0.25) is 0 Å². The molecular formula is C22H28O3. The second kappa shape index (κ2) is 10.5. The van der Waals surface area contributed by atoms with Gasteiger partial charge in [0.25, 0.3) is 0 Å². The fraction of sp³-hybridized carbons (Fsp3) is 0.409. The van der Waals surface area contributed by atoms with Gasteiger partial charge in [-0.25, -0.2) is 4.79 Å². The van der Waals surface area contributed by atoms with Crippen LogP contribution in [-0.4, -0.2) is 19.7 Å². The Kier molecular flexibility index (Phi) is 8.03. The lowest BCUT2D eigenvalue weighted by Gasteiger charge is -2.07. The Hall–Kier alpha value is -2.29. The maximum absolute atomic E-state index is 11.4. The van der Waals surface area contributed by atoms with E-state index in [9.17, 15) is 4.79 Å². The molecule has 3 heteroatoms. The Bertz CT molecular complexity index is 629. The van der Waals surface area contributed by atoms with Crippen molar-refractivity contribution in [2.45, 2.75) is 45.4 Å². The summed E-state index contributed by atoms with van der Waals surface area (Å²) in [4.78, 5) is 11.4. The molecule has 0 amide bonds. The highest BCUT2D eigenvalue weighted by Gasteiger charge is 2.04. The third-order valence-electron chi connectivity index (χ3n) is 4.25. The van der Waals surface area contributed by atoms with Gasteiger partial charge in [0, 0.05) is 0 Å². The van der Waals surface area contributed by atoms with Crippen LogP contribution < -0.4 is 4.74 Å². The number of ether oxygens (including phenoxy) is 2. The molecule has 0 saturated heterocycles. The van der Waals surface area contributed by atoms with Crippen LogP contribution in [0.3, 0.4) is 0 Å². The molecule has 0 atom stereocenters. The van der Waals surface area contributed by atoms with Crippen molar-refractivity contribution in [2.24, 2.45) is 0 Å². The van der Waals surface area contributed by atoms with Gasteiger partial charge in [-0.2, -0.15) is 0 Å². The highest BCUT2D eigenvalue weighted by Crippen LogP contribution is 2.15. The highest BCUT2D eigenvalue weighted by atomic mass is 16.5. The SMILES string of the molecule is CCCCCOc1ccc(CCCc2ccc(C(=O)OC)cc2)cc1. The molecule has 0 aromatic heterocycles. The van der Waals surface area contributed by atoms with Crippen molar-refractivity contribution >= 4 is 5.97 Å². The van der Waals surface area contributed by atoms with Crippen molar-refractivity contribution in [1.29, 1.82) is 0 Å². The molecule has 0 unspecified atom stereocenters. The Labute approximate surface area is 151 Å². The number of rotatable bonds is 10. The van der Waals surface area contributed by atoms with E-state index in [1.807, 2.05) is 24.3 Å². The summed E-state index contributed by atoms with van der Waals surface area (Å²) in [5.74, 6) is 0.668. The largest absolute Gasteiger partial charge is 0.494 e. The van der Waals surface area contributed by atoms with Gasteiger partial charge in [-0.05, 0) is 61.1 Å². The van der Waals surface area contributed by atoms with Crippen LogP contribution in [0.25, 0.3) is 0 Å². The van der Waals surface area contributed by atoms with Crippen molar-refractivity contribution in [2.75, 3.05) is 13.7 Å². The number of hydrogen-bond donors (Lipinski definition) is 0. The average molecular weight is 340 g/mol. The molecule has 25 heavy (non-hydrogen) atoms. The summed E-state index contributed by atoms with van der Waals surface area (Å²) in [5.41, 5.74) is 3.16. The summed E-state index contributed by atoms with van der Waals surface area (Å²) >= 11 is 0. The van der Waals surface area contributed by atoms with E-state index < -0.39 is 0 Å². The normalized spacial score (nSPS) is 10.5. The third kappa shape index (κ3) is 6.61. The number of methoxy groups -OCH3 is 1. The molecule has 3 nitrogen and oxygen atoms in total. The first-order valence-corrected chi connectivity index (χ1v) is 9.12. The van der Waals surface area contributed by atoms with E-state index in [0.717, 1.165) is 38.0 Å². The van der Waals surface area contributed by atoms with Gasteiger partial charge in [0.1, 0.15) is 5.75 Å². The van der Waals surface area contributed by atoms with E-state index in [4.69, 9.17) is 9.47 Å². The predicted octanol–water partition coefficient (Wildman–Crippen LogP) is 5.22. The first-order chi connectivity index (χ1) is 12.2. The number of aryl methyl sites for hydroxylation is 2. The van der Waals surface area contributed by atoms with Crippen LogP contribution in [0.5, 0.6) is 5.75 Å². The fourth-order valence-electron chi connectivity index (χ4n) is 2.72. The van der Waals surface area contributed by atoms with Gasteiger partial charge in [-0.15, -0.1) is 0 Å². The second-order valence-electron chi connectivity index (χ2n) is 6.24. The Balaban J connectivity index is 1.73. The summed E-state index contributed by atoms with van der Waals surface area (Å²) in [6, 6.07) is 16.1. The molecule has 0 N–H and O–H groups in total. The molecule has 134 valence electrons. The van der Waals surface area contributed by atoms with Crippen LogP contribution in [0.2, 0.25) is 0 Å². The van der Waals surface area contributed by atoms with Crippen LogP contribution in [0.15, 0.2) is 48.5 Å². The van der Waals surface area contributed by atoms with Gasteiger partial charge >= 0.3 is 5.97 Å². The molecular weight excluding hydrogens is 312 g/mol. The molecule has 0 heterocycles. The van der Waals surface area contributed by atoms with E-state index in [0.29, 0.717) is 5.56 Å². The predicted molar refractivity (Wildman–Crippen MR) is 101 cm³/mol. The van der Waals surface area contributed by atoms with Crippen molar-refractivity contribution in [1.82, 2.24) is 0 Å². The molecule has 0 aliphatic rings. The van der Waals surface area contributed by atoms with Crippen molar-refractivity contribution in [3.63, 3.8) is 0 Å². The summed E-state index contributed by atoms with van der Waals surface area (Å²) < 4.78 is 10.5.